The molecule has 0 radical (unpaired) electrons. The number of fused-ring (bicyclic) bond motifs is 4. The maximum atomic E-state index is 13.1. The summed E-state index contributed by atoms with van der Waals surface area (Å²) in [4.78, 5) is 29.0. The first kappa shape index (κ1) is 21.8. The molecule has 6 heteroatoms. The number of nitrogens with one attached hydrogen (secondary N) is 2. The first-order valence-corrected chi connectivity index (χ1v) is 13.4. The number of hydrogen-bond acceptors (Lipinski definition) is 4. The molecule has 3 saturated heterocycles. The van der Waals surface area contributed by atoms with Gasteiger partial charge in [-0.3, -0.25) is 9.59 Å². The van der Waals surface area contributed by atoms with Gasteiger partial charge in [-0.1, -0.05) is 43.2 Å². The summed E-state index contributed by atoms with van der Waals surface area (Å²) in [5, 5.41) is 7.53. The van der Waals surface area contributed by atoms with Crippen molar-refractivity contribution in [2.45, 2.75) is 44.6 Å². The highest BCUT2D eigenvalue weighted by atomic mass is 32.1. The van der Waals surface area contributed by atoms with Crippen molar-refractivity contribution in [1.82, 2.24) is 10.2 Å². The largest absolute Gasteiger partial charge is 0.347 e. The second-order valence-corrected chi connectivity index (χ2v) is 11.2. The van der Waals surface area contributed by atoms with Crippen molar-refractivity contribution in [3.05, 3.63) is 53.4 Å². The van der Waals surface area contributed by atoms with Crippen molar-refractivity contribution in [3.8, 4) is 11.1 Å². The Hall–Kier alpha value is -2.70. The van der Waals surface area contributed by atoms with Crippen LogP contribution < -0.4 is 10.6 Å². The molecule has 4 aliphatic rings. The van der Waals surface area contributed by atoms with E-state index >= 15 is 0 Å². The number of hydrogen-bond donors (Lipinski definition) is 2. The average molecular weight is 474 g/mol. The van der Waals surface area contributed by atoms with Gasteiger partial charge >= 0.3 is 0 Å². The fourth-order valence-electron chi connectivity index (χ4n) is 5.97. The van der Waals surface area contributed by atoms with E-state index in [-0.39, 0.29) is 23.8 Å². The van der Waals surface area contributed by atoms with Crippen molar-refractivity contribution in [3.63, 3.8) is 0 Å². The van der Waals surface area contributed by atoms with E-state index < -0.39 is 0 Å². The third-order valence-electron chi connectivity index (χ3n) is 7.91. The second kappa shape index (κ2) is 9.16. The van der Waals surface area contributed by atoms with Gasteiger partial charge in [0.2, 0.25) is 5.91 Å². The van der Waals surface area contributed by atoms with Gasteiger partial charge in [0.15, 0.2) is 0 Å². The third-order valence-corrected chi connectivity index (χ3v) is 9.09. The predicted octanol–water partition coefficient (Wildman–Crippen LogP) is 5.52. The van der Waals surface area contributed by atoms with Crippen molar-refractivity contribution < 1.29 is 9.59 Å². The topological polar surface area (TPSA) is 61.4 Å². The summed E-state index contributed by atoms with van der Waals surface area (Å²) in [7, 11) is 0. The molecule has 2 N–H and O–H groups in total. The van der Waals surface area contributed by atoms with E-state index in [1.165, 1.54) is 25.9 Å². The minimum absolute atomic E-state index is 0.0449. The van der Waals surface area contributed by atoms with Crippen LogP contribution in [0.4, 0.5) is 5.69 Å². The number of anilines is 1. The lowest BCUT2D eigenvalue weighted by Gasteiger charge is -2.44. The predicted molar refractivity (Wildman–Crippen MR) is 138 cm³/mol. The maximum Gasteiger partial charge on any atom is 0.261 e. The third kappa shape index (κ3) is 4.25. The Morgan fingerprint density at radius 1 is 0.941 bits per heavy atom. The summed E-state index contributed by atoms with van der Waals surface area (Å²) in [6.45, 7) is 3.32. The quantitative estimate of drug-likeness (QED) is 0.513. The van der Waals surface area contributed by atoms with Crippen LogP contribution in [0.1, 0.15) is 48.2 Å². The lowest BCUT2D eigenvalue weighted by atomic mass is 9.84. The fraction of sp³-hybridized carbons (Fsp3) is 0.429. The summed E-state index contributed by atoms with van der Waals surface area (Å²) in [5.74, 6) is 0.932. The van der Waals surface area contributed by atoms with Crippen LogP contribution in [0.15, 0.2) is 48.5 Å². The number of thiophene rings is 1. The first-order valence-electron chi connectivity index (χ1n) is 12.6. The van der Waals surface area contributed by atoms with E-state index in [0.717, 1.165) is 64.0 Å². The molecule has 2 amide bonds. The zero-order valence-electron chi connectivity index (χ0n) is 19.4. The molecule has 7 rings (SSSR count). The molecule has 34 heavy (non-hydrogen) atoms. The van der Waals surface area contributed by atoms with E-state index in [0.29, 0.717) is 5.92 Å². The normalized spacial score (nSPS) is 24.4. The number of nitrogens with zero attached hydrogens (tertiary/aromatic N) is 1. The number of amides is 2. The highest BCUT2D eigenvalue weighted by Gasteiger charge is 2.35. The number of carbonyl (C=O) groups is 2. The fourth-order valence-corrected chi connectivity index (χ4v) is 7.07. The van der Waals surface area contributed by atoms with Gasteiger partial charge in [0.05, 0.1) is 4.88 Å². The van der Waals surface area contributed by atoms with Crippen molar-refractivity contribution in [2.75, 3.05) is 25.0 Å². The van der Waals surface area contributed by atoms with Gasteiger partial charge in [-0.15, -0.1) is 11.3 Å². The van der Waals surface area contributed by atoms with E-state index in [1.807, 2.05) is 30.3 Å². The minimum Gasteiger partial charge on any atom is -0.347 e. The molecule has 3 aliphatic heterocycles. The van der Waals surface area contributed by atoms with Crippen LogP contribution in [0.5, 0.6) is 0 Å². The summed E-state index contributed by atoms with van der Waals surface area (Å²) in [5.41, 5.74) is 2.99. The van der Waals surface area contributed by atoms with E-state index in [1.54, 1.807) is 11.3 Å². The molecule has 2 bridgehead atoms. The van der Waals surface area contributed by atoms with Crippen LogP contribution in [0.2, 0.25) is 0 Å². The molecule has 0 spiro atoms. The Balaban J connectivity index is 1.23. The molecular weight excluding hydrogens is 442 g/mol. The van der Waals surface area contributed by atoms with Crippen LogP contribution in [-0.4, -0.2) is 42.4 Å². The van der Waals surface area contributed by atoms with Crippen LogP contribution in [0.25, 0.3) is 21.2 Å². The molecule has 4 fully saturated rings. The Kier molecular flexibility index (Phi) is 5.87. The Morgan fingerprint density at radius 2 is 1.74 bits per heavy atom. The van der Waals surface area contributed by atoms with Crippen LogP contribution in [0, 0.1) is 11.8 Å². The van der Waals surface area contributed by atoms with E-state index in [9.17, 15) is 9.59 Å². The number of benzene rings is 2. The highest BCUT2D eigenvalue weighted by molar-refractivity contribution is 7.21. The minimum atomic E-state index is 0.0449. The molecule has 5 nitrogen and oxygen atoms in total. The first-order chi connectivity index (χ1) is 16.6. The zero-order chi connectivity index (χ0) is 23.1. The van der Waals surface area contributed by atoms with Gasteiger partial charge < -0.3 is 15.5 Å². The van der Waals surface area contributed by atoms with E-state index in [4.69, 9.17) is 0 Å². The smallest absolute Gasteiger partial charge is 0.261 e. The Morgan fingerprint density at radius 3 is 2.50 bits per heavy atom. The van der Waals surface area contributed by atoms with Gasteiger partial charge in [0.1, 0.15) is 0 Å². The molecule has 1 unspecified atom stereocenters. The second-order valence-electron chi connectivity index (χ2n) is 10.1. The summed E-state index contributed by atoms with van der Waals surface area (Å²) in [6, 6.07) is 16.6. The molecule has 1 saturated carbocycles. The summed E-state index contributed by atoms with van der Waals surface area (Å²) >= 11 is 1.56. The van der Waals surface area contributed by atoms with Gasteiger partial charge in [-0.05, 0) is 79.4 Å². The number of carbonyl (C=O) groups excluding carboxylic acids is 2. The van der Waals surface area contributed by atoms with E-state index in [2.05, 4.69) is 33.7 Å². The summed E-state index contributed by atoms with van der Waals surface area (Å²) in [6.07, 6.45) is 6.65. The Bertz CT molecular complexity index is 1220. The van der Waals surface area contributed by atoms with Crippen molar-refractivity contribution >= 4 is 38.9 Å². The number of rotatable bonds is 5. The lowest BCUT2D eigenvalue weighted by Crippen LogP contribution is -2.57. The van der Waals surface area contributed by atoms with Gasteiger partial charge in [0.25, 0.3) is 5.91 Å². The molecule has 1 atom stereocenters. The van der Waals surface area contributed by atoms with Gasteiger partial charge in [0, 0.05) is 28.9 Å². The molecule has 2 aromatic carbocycles. The van der Waals surface area contributed by atoms with Crippen LogP contribution in [0.3, 0.4) is 0 Å². The molecule has 176 valence electrons. The Labute approximate surface area is 204 Å². The lowest BCUT2D eigenvalue weighted by molar-refractivity contribution is -0.119. The monoisotopic (exact) mass is 473 g/mol. The molecular formula is C28H31N3O2S. The van der Waals surface area contributed by atoms with Crippen molar-refractivity contribution in [2.24, 2.45) is 11.8 Å². The SMILES string of the molecule is O=C(NC1CN2CCC1CC2)c1cc2cccc(-c3cccc(NC(=O)C4CCCC4)c3)c2s1. The maximum absolute atomic E-state index is 13.1. The standard InChI is InChI=1S/C28H31N3O2S/c32-27(19-5-1-2-6-19)29-22-9-3-7-20(15-22)23-10-4-8-21-16-25(34-26(21)23)28(33)30-24-17-31-13-11-18(24)12-14-31/h3-4,7-10,15-16,18-19,24H,1-2,5-6,11-14,17H2,(H,29,32)(H,30,33). The van der Waals surface area contributed by atoms with Gasteiger partial charge in [-0.2, -0.15) is 0 Å². The molecule has 1 aromatic heterocycles. The van der Waals surface area contributed by atoms with Gasteiger partial charge in [-0.25, -0.2) is 0 Å². The summed E-state index contributed by atoms with van der Waals surface area (Å²) < 4.78 is 1.11. The molecule has 4 heterocycles. The average Bonchev–Trinajstić information content (AvgIpc) is 3.55. The van der Waals surface area contributed by atoms with Crippen molar-refractivity contribution in [1.29, 1.82) is 0 Å². The molecule has 1 aliphatic carbocycles. The number of piperidine rings is 3. The van der Waals surface area contributed by atoms with Crippen LogP contribution >= 0.6 is 11.3 Å². The molecule has 3 aromatic rings. The van der Waals surface area contributed by atoms with Crippen LogP contribution in [-0.2, 0) is 4.79 Å². The zero-order valence-corrected chi connectivity index (χ0v) is 20.2. The highest BCUT2D eigenvalue weighted by Crippen LogP contribution is 2.36.